The third-order valence-electron chi connectivity index (χ3n) is 3.70. The highest BCUT2D eigenvalue weighted by Gasteiger charge is 2.35. The molecule has 0 spiro atoms. The van der Waals surface area contributed by atoms with Gasteiger partial charge in [0.1, 0.15) is 6.54 Å². The normalized spacial score (nSPS) is 16.5. The number of carbonyl (C=O) groups is 1. The first-order chi connectivity index (χ1) is 9.82. The van der Waals surface area contributed by atoms with Crippen LogP contribution in [0.4, 0.5) is 0 Å². The second-order valence-electron chi connectivity index (χ2n) is 5.32. The Balaban J connectivity index is 2.43. The maximum atomic E-state index is 12.8. The molecule has 0 heterocycles. The zero-order valence-electron chi connectivity index (χ0n) is 11.8. The maximum Gasteiger partial charge on any atom is 0.318 e. The SMILES string of the molecule is Cc1ccc(S(=O)(=O)N(CC(=O)O)C2CCCC2)c(Br)c1. The Morgan fingerprint density at radius 1 is 1.38 bits per heavy atom. The van der Waals surface area contributed by atoms with Gasteiger partial charge in [0, 0.05) is 10.5 Å². The summed E-state index contributed by atoms with van der Waals surface area (Å²) in [5.74, 6) is -1.13. The molecule has 0 bridgehead atoms. The van der Waals surface area contributed by atoms with Gasteiger partial charge in [-0.1, -0.05) is 18.9 Å². The minimum Gasteiger partial charge on any atom is -0.480 e. The first-order valence-corrected chi connectivity index (χ1v) is 9.05. The third kappa shape index (κ3) is 3.64. The van der Waals surface area contributed by atoms with Gasteiger partial charge in [0.05, 0.1) is 4.90 Å². The molecule has 1 saturated carbocycles. The molecule has 0 unspecified atom stereocenters. The van der Waals surface area contributed by atoms with Crippen LogP contribution in [-0.4, -0.2) is 36.4 Å². The van der Waals surface area contributed by atoms with Crippen molar-refractivity contribution in [1.29, 1.82) is 0 Å². The van der Waals surface area contributed by atoms with Gasteiger partial charge in [0.2, 0.25) is 10.0 Å². The average Bonchev–Trinajstić information content (AvgIpc) is 2.88. The van der Waals surface area contributed by atoms with Gasteiger partial charge in [0.25, 0.3) is 0 Å². The highest BCUT2D eigenvalue weighted by atomic mass is 79.9. The molecule has 1 aliphatic rings. The smallest absolute Gasteiger partial charge is 0.318 e. The average molecular weight is 376 g/mol. The molecule has 1 N–H and O–H groups in total. The van der Waals surface area contributed by atoms with E-state index in [0.29, 0.717) is 4.47 Å². The lowest BCUT2D eigenvalue weighted by Gasteiger charge is -2.27. The summed E-state index contributed by atoms with van der Waals surface area (Å²) in [5, 5.41) is 9.05. The van der Waals surface area contributed by atoms with E-state index < -0.39 is 22.5 Å². The Morgan fingerprint density at radius 3 is 2.52 bits per heavy atom. The number of carboxylic acid groups (broad SMARTS) is 1. The minimum atomic E-state index is -3.82. The van der Waals surface area contributed by atoms with Crippen LogP contribution in [0.25, 0.3) is 0 Å². The van der Waals surface area contributed by atoms with Crippen LogP contribution in [0.15, 0.2) is 27.6 Å². The first kappa shape index (κ1) is 16.5. The summed E-state index contributed by atoms with van der Waals surface area (Å²) in [6, 6.07) is 4.74. The molecule has 1 fully saturated rings. The van der Waals surface area contributed by atoms with Crippen molar-refractivity contribution in [2.24, 2.45) is 0 Å². The number of carboxylic acids is 1. The Morgan fingerprint density at radius 2 is 2.00 bits per heavy atom. The summed E-state index contributed by atoms with van der Waals surface area (Å²) in [6.07, 6.45) is 3.31. The number of aliphatic carboxylic acids is 1. The van der Waals surface area contributed by atoms with E-state index in [1.807, 2.05) is 6.92 Å². The summed E-state index contributed by atoms with van der Waals surface area (Å²) in [4.78, 5) is 11.2. The monoisotopic (exact) mass is 375 g/mol. The quantitative estimate of drug-likeness (QED) is 0.858. The summed E-state index contributed by atoms with van der Waals surface area (Å²) < 4.78 is 27.2. The van der Waals surface area contributed by atoms with Gasteiger partial charge in [-0.05, 0) is 53.4 Å². The van der Waals surface area contributed by atoms with E-state index in [-0.39, 0.29) is 10.9 Å². The van der Waals surface area contributed by atoms with E-state index in [9.17, 15) is 13.2 Å². The number of nitrogens with zero attached hydrogens (tertiary/aromatic N) is 1. The van der Waals surface area contributed by atoms with Gasteiger partial charge in [-0.3, -0.25) is 4.79 Å². The van der Waals surface area contributed by atoms with Crippen LogP contribution in [0, 0.1) is 6.92 Å². The molecular formula is C14H18BrNO4S. The first-order valence-electron chi connectivity index (χ1n) is 6.82. The van der Waals surface area contributed by atoms with Gasteiger partial charge >= 0.3 is 5.97 Å². The number of hydrogen-bond acceptors (Lipinski definition) is 3. The molecule has 5 nitrogen and oxygen atoms in total. The van der Waals surface area contributed by atoms with E-state index in [0.717, 1.165) is 35.6 Å². The summed E-state index contributed by atoms with van der Waals surface area (Å²) in [5.41, 5.74) is 0.937. The van der Waals surface area contributed by atoms with E-state index in [1.54, 1.807) is 12.1 Å². The zero-order chi connectivity index (χ0) is 15.6. The van der Waals surface area contributed by atoms with Crippen LogP contribution >= 0.6 is 15.9 Å². The molecule has 0 atom stereocenters. The Labute approximate surface area is 133 Å². The van der Waals surface area contributed by atoms with E-state index in [4.69, 9.17) is 5.11 Å². The summed E-state index contributed by atoms with van der Waals surface area (Å²) >= 11 is 3.27. The number of sulfonamides is 1. The van der Waals surface area contributed by atoms with Crippen LogP contribution < -0.4 is 0 Å². The predicted octanol–water partition coefficient (Wildman–Crippen LogP) is 2.78. The number of aryl methyl sites for hydroxylation is 1. The molecule has 0 saturated heterocycles. The number of rotatable bonds is 5. The molecule has 0 radical (unpaired) electrons. The maximum absolute atomic E-state index is 12.8. The largest absolute Gasteiger partial charge is 0.480 e. The molecule has 0 aliphatic heterocycles. The fraction of sp³-hybridized carbons (Fsp3) is 0.500. The van der Waals surface area contributed by atoms with Crippen molar-refractivity contribution in [3.8, 4) is 0 Å². The fourth-order valence-corrected chi connectivity index (χ4v) is 5.47. The van der Waals surface area contributed by atoms with Crippen molar-refractivity contribution in [1.82, 2.24) is 4.31 Å². The highest BCUT2D eigenvalue weighted by molar-refractivity contribution is 9.10. The topological polar surface area (TPSA) is 74.7 Å². The lowest BCUT2D eigenvalue weighted by molar-refractivity contribution is -0.137. The molecule has 1 aromatic rings. The highest BCUT2D eigenvalue weighted by Crippen LogP contribution is 2.31. The van der Waals surface area contributed by atoms with Crippen molar-refractivity contribution in [2.75, 3.05) is 6.54 Å². The van der Waals surface area contributed by atoms with Gasteiger partial charge in [-0.2, -0.15) is 4.31 Å². The molecule has 0 amide bonds. The molecule has 21 heavy (non-hydrogen) atoms. The Bertz CT molecular complexity index is 638. The molecule has 7 heteroatoms. The number of benzene rings is 1. The van der Waals surface area contributed by atoms with Crippen molar-refractivity contribution >= 4 is 31.9 Å². The Kier molecular flexibility index (Phi) is 5.06. The van der Waals surface area contributed by atoms with Gasteiger partial charge < -0.3 is 5.11 Å². The van der Waals surface area contributed by atoms with E-state index in [2.05, 4.69) is 15.9 Å². The fourth-order valence-electron chi connectivity index (χ4n) is 2.68. The van der Waals surface area contributed by atoms with Crippen LogP contribution in [0.2, 0.25) is 0 Å². The van der Waals surface area contributed by atoms with Crippen molar-refractivity contribution in [2.45, 2.75) is 43.5 Å². The van der Waals surface area contributed by atoms with E-state index in [1.165, 1.54) is 6.07 Å². The minimum absolute atomic E-state index is 0.126. The van der Waals surface area contributed by atoms with Crippen LogP contribution in [-0.2, 0) is 14.8 Å². The number of hydrogen-bond donors (Lipinski definition) is 1. The second kappa shape index (κ2) is 6.46. The molecule has 2 rings (SSSR count). The summed E-state index contributed by atoms with van der Waals surface area (Å²) in [6.45, 7) is 1.38. The van der Waals surface area contributed by atoms with Crippen molar-refractivity contribution < 1.29 is 18.3 Å². The zero-order valence-corrected chi connectivity index (χ0v) is 14.2. The second-order valence-corrected chi connectivity index (χ2v) is 8.03. The molecule has 1 aliphatic carbocycles. The molecule has 1 aromatic carbocycles. The molecular weight excluding hydrogens is 358 g/mol. The van der Waals surface area contributed by atoms with Gasteiger partial charge in [-0.25, -0.2) is 8.42 Å². The van der Waals surface area contributed by atoms with Crippen LogP contribution in [0.5, 0.6) is 0 Å². The van der Waals surface area contributed by atoms with E-state index >= 15 is 0 Å². The standard InChI is InChI=1S/C14H18BrNO4S/c1-10-6-7-13(12(15)8-10)21(19,20)16(9-14(17)18)11-4-2-3-5-11/h6-8,11H,2-5,9H2,1H3,(H,17,18). The van der Waals surface area contributed by atoms with Gasteiger partial charge in [0.15, 0.2) is 0 Å². The Hall–Kier alpha value is -0.920. The van der Waals surface area contributed by atoms with Crippen LogP contribution in [0.1, 0.15) is 31.2 Å². The lowest BCUT2D eigenvalue weighted by atomic mass is 10.2. The van der Waals surface area contributed by atoms with Crippen molar-refractivity contribution in [3.63, 3.8) is 0 Å². The lowest BCUT2D eigenvalue weighted by Crippen LogP contribution is -2.42. The van der Waals surface area contributed by atoms with Crippen molar-refractivity contribution in [3.05, 3.63) is 28.2 Å². The molecule has 0 aromatic heterocycles. The van der Waals surface area contributed by atoms with Gasteiger partial charge in [-0.15, -0.1) is 0 Å². The third-order valence-corrected chi connectivity index (χ3v) is 6.57. The summed E-state index contributed by atoms with van der Waals surface area (Å²) in [7, 11) is -3.82. The predicted molar refractivity (Wildman–Crippen MR) is 82.7 cm³/mol. The number of halogens is 1. The molecule has 116 valence electrons. The van der Waals surface area contributed by atoms with Crippen LogP contribution in [0.3, 0.4) is 0 Å².